The number of ether oxygens (including phenoxy) is 2. The summed E-state index contributed by atoms with van der Waals surface area (Å²) < 4.78 is 11.2. The molecule has 166 valence electrons. The van der Waals surface area contributed by atoms with Crippen LogP contribution in [0.5, 0.6) is 11.5 Å². The van der Waals surface area contributed by atoms with Crippen LogP contribution in [0.4, 0.5) is 16.2 Å². The summed E-state index contributed by atoms with van der Waals surface area (Å²) in [6.45, 7) is 5.19. The number of anilines is 1. The molecule has 3 aromatic rings. The fourth-order valence-corrected chi connectivity index (χ4v) is 3.06. The van der Waals surface area contributed by atoms with Crippen LogP contribution >= 0.6 is 0 Å². The number of benzene rings is 3. The van der Waals surface area contributed by atoms with Crippen LogP contribution in [-0.2, 0) is 11.2 Å². The van der Waals surface area contributed by atoms with E-state index >= 15 is 0 Å². The first kappa shape index (κ1) is 22.8. The molecule has 0 atom stereocenters. The van der Waals surface area contributed by atoms with Crippen LogP contribution < -0.4 is 9.64 Å². The Balaban J connectivity index is 1.79. The summed E-state index contributed by atoms with van der Waals surface area (Å²) in [7, 11) is 1.43. The summed E-state index contributed by atoms with van der Waals surface area (Å²) in [6.07, 6.45) is 0.117. The molecule has 0 spiro atoms. The molecule has 3 rings (SSSR count). The Morgan fingerprint density at radius 3 is 2.12 bits per heavy atom. The standard InChI is InChI=1S/C25H26N2O5/c1-25(2,3)32-24(28)26(4)23-17-21(14-15-22(23)27(29)30)31-20-12-10-19(11-13-20)16-18-8-6-5-7-9-18/h5-15,17H,16H2,1-4H3. The monoisotopic (exact) mass is 434 g/mol. The average molecular weight is 434 g/mol. The first-order chi connectivity index (χ1) is 15.1. The van der Waals surface area contributed by atoms with E-state index in [1.165, 1.54) is 30.8 Å². The second kappa shape index (κ2) is 9.51. The Kier molecular flexibility index (Phi) is 6.78. The van der Waals surface area contributed by atoms with Crippen molar-refractivity contribution >= 4 is 17.5 Å². The number of nitrogens with zero attached hydrogens (tertiary/aromatic N) is 2. The van der Waals surface area contributed by atoms with E-state index in [0.29, 0.717) is 11.5 Å². The highest BCUT2D eigenvalue weighted by Crippen LogP contribution is 2.34. The van der Waals surface area contributed by atoms with Crippen molar-refractivity contribution in [1.82, 2.24) is 0 Å². The predicted octanol–water partition coefficient (Wildman–Crippen LogP) is 6.35. The van der Waals surface area contributed by atoms with Gasteiger partial charge in [0.05, 0.1) is 4.92 Å². The molecular formula is C25H26N2O5. The van der Waals surface area contributed by atoms with Crippen LogP contribution in [0.2, 0.25) is 0 Å². The van der Waals surface area contributed by atoms with Gasteiger partial charge in [-0.2, -0.15) is 0 Å². The molecule has 0 aliphatic rings. The minimum atomic E-state index is -0.726. The van der Waals surface area contributed by atoms with E-state index in [1.54, 1.807) is 20.8 Å². The zero-order valence-corrected chi connectivity index (χ0v) is 18.6. The number of rotatable bonds is 6. The van der Waals surface area contributed by atoms with Crippen LogP contribution in [0.25, 0.3) is 0 Å². The number of hydrogen-bond donors (Lipinski definition) is 0. The third kappa shape index (κ3) is 6.07. The van der Waals surface area contributed by atoms with E-state index in [9.17, 15) is 14.9 Å². The summed E-state index contributed by atoms with van der Waals surface area (Å²) in [5.74, 6) is 0.957. The largest absolute Gasteiger partial charge is 0.457 e. The zero-order valence-electron chi connectivity index (χ0n) is 18.6. The highest BCUT2D eigenvalue weighted by atomic mass is 16.6. The zero-order chi connectivity index (χ0) is 23.3. The molecule has 0 aliphatic carbocycles. The van der Waals surface area contributed by atoms with E-state index in [1.807, 2.05) is 42.5 Å². The van der Waals surface area contributed by atoms with Crippen LogP contribution in [0.3, 0.4) is 0 Å². The average Bonchev–Trinajstić information content (AvgIpc) is 2.74. The fraction of sp³-hybridized carbons (Fsp3) is 0.240. The second-order valence-electron chi connectivity index (χ2n) is 8.36. The third-order valence-corrected chi connectivity index (χ3v) is 4.58. The lowest BCUT2D eigenvalue weighted by molar-refractivity contribution is -0.384. The second-order valence-corrected chi connectivity index (χ2v) is 8.36. The van der Waals surface area contributed by atoms with Crippen molar-refractivity contribution in [2.75, 3.05) is 11.9 Å². The van der Waals surface area contributed by atoms with E-state index in [4.69, 9.17) is 9.47 Å². The highest BCUT2D eigenvalue weighted by Gasteiger charge is 2.26. The maximum atomic E-state index is 12.4. The molecule has 0 bridgehead atoms. The Bertz CT molecular complexity index is 1090. The van der Waals surface area contributed by atoms with Gasteiger partial charge in [-0.1, -0.05) is 42.5 Å². The molecule has 0 saturated heterocycles. The lowest BCUT2D eigenvalue weighted by atomic mass is 10.1. The molecule has 7 heteroatoms. The molecular weight excluding hydrogens is 408 g/mol. The predicted molar refractivity (Wildman–Crippen MR) is 123 cm³/mol. The van der Waals surface area contributed by atoms with Crippen molar-refractivity contribution in [3.05, 3.63) is 94.0 Å². The number of carbonyl (C=O) groups excluding carboxylic acids is 1. The van der Waals surface area contributed by atoms with Gasteiger partial charge in [-0.3, -0.25) is 15.0 Å². The molecule has 3 aromatic carbocycles. The van der Waals surface area contributed by atoms with Crippen LogP contribution in [0.15, 0.2) is 72.8 Å². The highest BCUT2D eigenvalue weighted by molar-refractivity contribution is 5.90. The topological polar surface area (TPSA) is 81.9 Å². The fourth-order valence-electron chi connectivity index (χ4n) is 3.06. The van der Waals surface area contributed by atoms with E-state index < -0.39 is 16.6 Å². The summed E-state index contributed by atoms with van der Waals surface area (Å²) >= 11 is 0. The summed E-state index contributed by atoms with van der Waals surface area (Å²) in [5, 5.41) is 11.5. The van der Waals surface area contributed by atoms with Gasteiger partial charge >= 0.3 is 6.09 Å². The maximum Gasteiger partial charge on any atom is 0.414 e. The quantitative estimate of drug-likeness (QED) is 0.333. The molecule has 0 aliphatic heterocycles. The molecule has 0 unspecified atom stereocenters. The van der Waals surface area contributed by atoms with E-state index in [0.717, 1.165) is 16.9 Å². The van der Waals surface area contributed by atoms with Crippen LogP contribution in [0, 0.1) is 10.1 Å². The molecule has 0 aromatic heterocycles. The van der Waals surface area contributed by atoms with Crippen LogP contribution in [-0.4, -0.2) is 23.7 Å². The maximum absolute atomic E-state index is 12.4. The summed E-state index contributed by atoms with van der Waals surface area (Å²) in [6, 6.07) is 22.1. The first-order valence-corrected chi connectivity index (χ1v) is 10.2. The minimum absolute atomic E-state index is 0.0856. The van der Waals surface area contributed by atoms with Crippen molar-refractivity contribution in [3.63, 3.8) is 0 Å². The Labute approximate surface area is 187 Å². The lowest BCUT2D eigenvalue weighted by Gasteiger charge is -2.24. The molecule has 0 heterocycles. The van der Waals surface area contributed by atoms with Crippen molar-refractivity contribution in [2.24, 2.45) is 0 Å². The van der Waals surface area contributed by atoms with Gasteiger partial charge < -0.3 is 9.47 Å². The van der Waals surface area contributed by atoms with Crippen molar-refractivity contribution < 1.29 is 19.2 Å². The van der Waals surface area contributed by atoms with Crippen molar-refractivity contribution in [3.8, 4) is 11.5 Å². The van der Waals surface area contributed by atoms with Gasteiger partial charge in [-0.25, -0.2) is 4.79 Å². The molecule has 0 fully saturated rings. The number of nitro benzene ring substituents is 1. The number of carbonyl (C=O) groups is 1. The summed E-state index contributed by atoms with van der Waals surface area (Å²) in [5.41, 5.74) is 1.49. The molecule has 1 amide bonds. The Morgan fingerprint density at radius 2 is 1.53 bits per heavy atom. The van der Waals surface area contributed by atoms with Gasteiger partial charge in [0.15, 0.2) is 0 Å². The SMILES string of the molecule is CN(C(=O)OC(C)(C)C)c1cc(Oc2ccc(Cc3ccccc3)cc2)ccc1[N+](=O)[O-]. The van der Waals surface area contributed by atoms with Gasteiger partial charge in [0, 0.05) is 19.2 Å². The van der Waals surface area contributed by atoms with Gasteiger partial charge in [-0.05, 0) is 56.5 Å². The smallest absolute Gasteiger partial charge is 0.414 e. The molecule has 0 saturated carbocycles. The third-order valence-electron chi connectivity index (χ3n) is 4.58. The van der Waals surface area contributed by atoms with Gasteiger partial charge in [0.2, 0.25) is 0 Å². The minimum Gasteiger partial charge on any atom is -0.457 e. The number of amides is 1. The van der Waals surface area contributed by atoms with Gasteiger partial charge in [-0.15, -0.1) is 0 Å². The normalized spacial score (nSPS) is 11.0. The molecule has 7 nitrogen and oxygen atoms in total. The van der Waals surface area contributed by atoms with Gasteiger partial charge in [0.25, 0.3) is 5.69 Å². The Morgan fingerprint density at radius 1 is 0.938 bits per heavy atom. The van der Waals surface area contributed by atoms with E-state index in [2.05, 4.69) is 12.1 Å². The lowest BCUT2D eigenvalue weighted by Crippen LogP contribution is -2.34. The Hall–Kier alpha value is -3.87. The molecule has 0 radical (unpaired) electrons. The van der Waals surface area contributed by atoms with Crippen molar-refractivity contribution in [2.45, 2.75) is 32.8 Å². The summed E-state index contributed by atoms with van der Waals surface area (Å²) in [4.78, 5) is 24.5. The van der Waals surface area contributed by atoms with Crippen molar-refractivity contribution in [1.29, 1.82) is 0 Å². The first-order valence-electron chi connectivity index (χ1n) is 10.2. The van der Waals surface area contributed by atoms with E-state index in [-0.39, 0.29) is 11.4 Å². The molecule has 32 heavy (non-hydrogen) atoms. The number of nitro groups is 1. The number of hydrogen-bond acceptors (Lipinski definition) is 5. The molecule has 0 N–H and O–H groups in total. The van der Waals surface area contributed by atoms with Crippen LogP contribution in [0.1, 0.15) is 31.9 Å². The van der Waals surface area contributed by atoms with Gasteiger partial charge in [0.1, 0.15) is 22.8 Å².